The summed E-state index contributed by atoms with van der Waals surface area (Å²) in [6, 6.07) is 9.15. The zero-order valence-corrected chi connectivity index (χ0v) is 13.0. The first-order chi connectivity index (χ1) is 9.79. The highest BCUT2D eigenvalue weighted by Crippen LogP contribution is 2.44. The maximum absolute atomic E-state index is 4.72. The summed E-state index contributed by atoms with van der Waals surface area (Å²) >= 11 is 1.77. The van der Waals surface area contributed by atoms with Crippen LogP contribution < -0.4 is 5.32 Å². The van der Waals surface area contributed by atoms with Crippen molar-refractivity contribution >= 4 is 11.3 Å². The highest BCUT2D eigenvalue weighted by Gasteiger charge is 2.29. The average Bonchev–Trinajstić information content (AvgIpc) is 3.22. The molecule has 20 heavy (non-hydrogen) atoms. The van der Waals surface area contributed by atoms with Crippen LogP contribution in [0.2, 0.25) is 0 Å². The average molecular weight is 286 g/mol. The lowest BCUT2D eigenvalue weighted by molar-refractivity contribution is 0.591. The van der Waals surface area contributed by atoms with Crippen molar-refractivity contribution < 1.29 is 0 Å². The number of hydrogen-bond acceptors (Lipinski definition) is 3. The van der Waals surface area contributed by atoms with Crippen molar-refractivity contribution in [3.05, 3.63) is 51.5 Å². The summed E-state index contributed by atoms with van der Waals surface area (Å²) < 4.78 is 0. The molecule has 1 heterocycles. The molecular formula is C17H22N2S. The van der Waals surface area contributed by atoms with Crippen LogP contribution in [0.25, 0.3) is 0 Å². The van der Waals surface area contributed by atoms with Gasteiger partial charge in [0.2, 0.25) is 0 Å². The molecule has 1 N–H and O–H groups in total. The van der Waals surface area contributed by atoms with Gasteiger partial charge in [-0.2, -0.15) is 0 Å². The maximum Gasteiger partial charge on any atom is 0.114 e. The Hall–Kier alpha value is -1.19. The van der Waals surface area contributed by atoms with Crippen LogP contribution in [0.4, 0.5) is 0 Å². The van der Waals surface area contributed by atoms with Crippen molar-refractivity contribution in [1.82, 2.24) is 10.3 Å². The molecule has 0 amide bonds. The van der Waals surface area contributed by atoms with E-state index >= 15 is 0 Å². The van der Waals surface area contributed by atoms with Gasteiger partial charge in [0.25, 0.3) is 0 Å². The van der Waals surface area contributed by atoms with Gasteiger partial charge in [0.15, 0.2) is 0 Å². The molecule has 2 nitrogen and oxygen atoms in total. The molecule has 1 aromatic carbocycles. The summed E-state index contributed by atoms with van der Waals surface area (Å²) in [4.78, 5) is 4.72. The fourth-order valence-electron chi connectivity index (χ4n) is 2.66. The topological polar surface area (TPSA) is 24.9 Å². The maximum atomic E-state index is 4.72. The Balaban J connectivity index is 1.96. The number of aromatic nitrogens is 1. The third-order valence-corrected chi connectivity index (χ3v) is 4.83. The molecule has 2 aromatic rings. The lowest BCUT2D eigenvalue weighted by Crippen LogP contribution is -2.24. The molecule has 3 rings (SSSR count). The molecule has 1 unspecified atom stereocenters. The van der Waals surface area contributed by atoms with Crippen molar-refractivity contribution in [3.63, 3.8) is 0 Å². The van der Waals surface area contributed by atoms with Gasteiger partial charge >= 0.3 is 0 Å². The molecule has 1 aliphatic carbocycles. The van der Waals surface area contributed by atoms with Crippen LogP contribution >= 0.6 is 11.3 Å². The van der Waals surface area contributed by atoms with Crippen molar-refractivity contribution in [3.8, 4) is 0 Å². The van der Waals surface area contributed by atoms with Gasteiger partial charge in [-0.25, -0.2) is 4.98 Å². The molecule has 0 aliphatic heterocycles. The molecule has 1 aromatic heterocycles. The fourth-order valence-corrected chi connectivity index (χ4v) is 3.55. The van der Waals surface area contributed by atoms with Crippen molar-refractivity contribution in [2.24, 2.45) is 0 Å². The van der Waals surface area contributed by atoms with Crippen LogP contribution in [-0.4, -0.2) is 11.5 Å². The minimum absolute atomic E-state index is 0.255. The van der Waals surface area contributed by atoms with Crippen LogP contribution in [0.1, 0.15) is 60.0 Å². The lowest BCUT2D eigenvalue weighted by Gasteiger charge is -2.20. The summed E-state index contributed by atoms with van der Waals surface area (Å²) in [5.41, 5.74) is 4.07. The SMILES string of the molecule is CCCNC(c1nc(C)cs1)c1ccccc1C1CC1. The quantitative estimate of drug-likeness (QED) is 0.850. The predicted molar refractivity (Wildman–Crippen MR) is 85.4 cm³/mol. The van der Waals surface area contributed by atoms with Crippen molar-refractivity contribution in [2.45, 2.75) is 45.1 Å². The molecular weight excluding hydrogens is 264 g/mol. The Morgan fingerprint density at radius 3 is 2.80 bits per heavy atom. The second-order valence-electron chi connectivity index (χ2n) is 5.62. The lowest BCUT2D eigenvalue weighted by atomic mass is 9.97. The van der Waals surface area contributed by atoms with Crippen LogP contribution in [0.3, 0.4) is 0 Å². The first-order valence-electron chi connectivity index (χ1n) is 7.53. The number of thiazole rings is 1. The van der Waals surface area contributed by atoms with E-state index in [2.05, 4.69) is 48.8 Å². The summed E-state index contributed by atoms with van der Waals surface area (Å²) in [6.07, 6.45) is 3.83. The number of nitrogens with one attached hydrogen (secondary N) is 1. The summed E-state index contributed by atoms with van der Waals surface area (Å²) in [5.74, 6) is 0.776. The van der Waals surface area contributed by atoms with E-state index in [1.54, 1.807) is 11.3 Å². The molecule has 3 heteroatoms. The van der Waals surface area contributed by atoms with Crippen LogP contribution in [0.15, 0.2) is 29.6 Å². The Kier molecular flexibility index (Phi) is 4.18. The number of nitrogens with zero attached hydrogens (tertiary/aromatic N) is 1. The highest BCUT2D eigenvalue weighted by atomic mass is 32.1. The number of rotatable bonds is 6. The van der Waals surface area contributed by atoms with Gasteiger partial charge in [0.1, 0.15) is 5.01 Å². The Morgan fingerprint density at radius 2 is 2.15 bits per heavy atom. The van der Waals surface area contributed by atoms with Crippen molar-refractivity contribution in [2.75, 3.05) is 6.54 Å². The van der Waals surface area contributed by atoms with Crippen LogP contribution in [0, 0.1) is 6.92 Å². The molecule has 0 spiro atoms. The minimum Gasteiger partial charge on any atom is -0.304 e. The molecule has 1 fully saturated rings. The van der Waals surface area contributed by atoms with E-state index in [4.69, 9.17) is 4.98 Å². The second kappa shape index (κ2) is 6.06. The largest absolute Gasteiger partial charge is 0.304 e. The van der Waals surface area contributed by atoms with Gasteiger partial charge in [-0.1, -0.05) is 31.2 Å². The van der Waals surface area contributed by atoms with Crippen LogP contribution in [0.5, 0.6) is 0 Å². The number of hydrogen-bond donors (Lipinski definition) is 1. The number of aryl methyl sites for hydroxylation is 1. The first kappa shape index (κ1) is 13.8. The van der Waals surface area contributed by atoms with E-state index in [9.17, 15) is 0 Å². The zero-order chi connectivity index (χ0) is 13.9. The van der Waals surface area contributed by atoms with E-state index in [1.165, 1.54) is 29.0 Å². The van der Waals surface area contributed by atoms with Gasteiger partial charge in [0, 0.05) is 11.1 Å². The normalized spacial score (nSPS) is 16.3. The molecule has 1 aliphatic rings. The minimum atomic E-state index is 0.255. The molecule has 0 saturated heterocycles. The van der Waals surface area contributed by atoms with E-state index < -0.39 is 0 Å². The summed E-state index contributed by atoms with van der Waals surface area (Å²) in [5, 5.41) is 7.03. The first-order valence-corrected chi connectivity index (χ1v) is 8.41. The molecule has 0 bridgehead atoms. The van der Waals surface area contributed by atoms with E-state index in [0.717, 1.165) is 24.6 Å². The summed E-state index contributed by atoms with van der Waals surface area (Å²) in [7, 11) is 0. The van der Waals surface area contributed by atoms with E-state index in [-0.39, 0.29) is 6.04 Å². The third kappa shape index (κ3) is 2.94. The molecule has 106 valence electrons. The van der Waals surface area contributed by atoms with Gasteiger partial charge in [-0.3, -0.25) is 0 Å². The zero-order valence-electron chi connectivity index (χ0n) is 12.2. The Bertz CT molecular complexity index is 572. The van der Waals surface area contributed by atoms with Gasteiger partial charge in [-0.05, 0) is 49.8 Å². The van der Waals surface area contributed by atoms with Gasteiger partial charge < -0.3 is 5.32 Å². The molecule has 1 atom stereocenters. The predicted octanol–water partition coefficient (Wildman–Crippen LogP) is 4.42. The third-order valence-electron chi connectivity index (χ3n) is 3.81. The molecule has 1 saturated carbocycles. The fraction of sp³-hybridized carbons (Fsp3) is 0.471. The monoisotopic (exact) mass is 286 g/mol. The molecule has 0 radical (unpaired) electrons. The smallest absolute Gasteiger partial charge is 0.114 e. The van der Waals surface area contributed by atoms with E-state index in [0.29, 0.717) is 0 Å². The van der Waals surface area contributed by atoms with E-state index in [1.807, 2.05) is 0 Å². The number of benzene rings is 1. The standard InChI is InChI=1S/C17H22N2S/c1-3-10-18-16(17-19-12(2)11-20-17)15-7-5-4-6-14(15)13-8-9-13/h4-7,11,13,16,18H,3,8-10H2,1-2H3. The summed E-state index contributed by atoms with van der Waals surface area (Å²) in [6.45, 7) is 5.32. The Labute approximate surface area is 125 Å². The van der Waals surface area contributed by atoms with Crippen molar-refractivity contribution in [1.29, 1.82) is 0 Å². The Morgan fingerprint density at radius 1 is 1.35 bits per heavy atom. The van der Waals surface area contributed by atoms with Gasteiger partial charge in [-0.15, -0.1) is 11.3 Å². The highest BCUT2D eigenvalue weighted by molar-refractivity contribution is 7.09. The van der Waals surface area contributed by atoms with Crippen LogP contribution in [-0.2, 0) is 0 Å². The van der Waals surface area contributed by atoms with Gasteiger partial charge in [0.05, 0.1) is 6.04 Å². The second-order valence-corrected chi connectivity index (χ2v) is 6.51.